The van der Waals surface area contributed by atoms with E-state index in [-0.39, 0.29) is 11.1 Å². The first-order valence-electron chi connectivity index (χ1n) is 15.4. The van der Waals surface area contributed by atoms with Gasteiger partial charge in [0, 0.05) is 43.5 Å². The summed E-state index contributed by atoms with van der Waals surface area (Å²) < 4.78 is 5.61. The van der Waals surface area contributed by atoms with Crippen LogP contribution in [-0.2, 0) is 17.9 Å². The topological polar surface area (TPSA) is 138 Å². The lowest BCUT2D eigenvalue weighted by atomic mass is 9.97. The number of benzene rings is 2. The molecule has 6 rings (SSSR count). The number of amides is 3. The SMILES string of the molecule is COc1ccc(-c2cccc(C(=O)NCc3ccccc3)c2)nc1CNCC1CCN(c2nccc(/C=C3\SC(=O)NC3=O)n2)CC1. The van der Waals surface area contributed by atoms with Gasteiger partial charge in [0.15, 0.2) is 0 Å². The van der Waals surface area contributed by atoms with E-state index in [1.54, 1.807) is 31.5 Å². The van der Waals surface area contributed by atoms with Crippen molar-refractivity contribution in [2.45, 2.75) is 25.9 Å². The van der Waals surface area contributed by atoms with Crippen LogP contribution in [0.15, 0.2) is 83.9 Å². The van der Waals surface area contributed by atoms with Crippen LogP contribution in [0.25, 0.3) is 17.3 Å². The molecule has 0 unspecified atom stereocenters. The fourth-order valence-corrected chi connectivity index (χ4v) is 6.21. The highest BCUT2D eigenvalue weighted by Gasteiger charge is 2.26. The number of ether oxygens (including phenoxy) is 1. The Morgan fingerprint density at radius 2 is 1.85 bits per heavy atom. The molecule has 2 aromatic carbocycles. The molecule has 0 bridgehead atoms. The molecule has 3 N–H and O–H groups in total. The molecule has 2 fully saturated rings. The average molecular weight is 650 g/mol. The molecule has 12 heteroatoms. The Morgan fingerprint density at radius 1 is 1.02 bits per heavy atom. The molecule has 0 saturated carbocycles. The molecule has 2 aliphatic heterocycles. The number of piperidine rings is 1. The van der Waals surface area contributed by atoms with Crippen LogP contribution in [-0.4, -0.2) is 58.7 Å². The van der Waals surface area contributed by atoms with Crippen molar-refractivity contribution in [2.24, 2.45) is 5.92 Å². The molecule has 0 spiro atoms. The standard InChI is InChI=1S/C35H35N7O4S/c1-46-30-11-10-28(25-8-5-9-26(18-25)32(43)38-21-23-6-3-2-4-7-23)40-29(30)22-36-20-24-13-16-42(17-14-24)34-37-15-12-27(39-34)19-31-33(44)41-35(45)47-31/h2-12,15,18-19,24,36H,13-14,16-17,20-22H2,1H3,(H,38,43)(H,41,44,45)/b31-19-. The van der Waals surface area contributed by atoms with Crippen molar-refractivity contribution >= 4 is 40.8 Å². The number of nitrogens with zero attached hydrogens (tertiary/aromatic N) is 4. The maximum Gasteiger partial charge on any atom is 0.290 e. The number of hydrogen-bond acceptors (Lipinski definition) is 10. The number of rotatable bonds is 11. The molecule has 0 radical (unpaired) electrons. The van der Waals surface area contributed by atoms with Crippen molar-refractivity contribution in [1.29, 1.82) is 0 Å². The maximum atomic E-state index is 12.9. The second-order valence-corrected chi connectivity index (χ2v) is 12.3. The zero-order valence-electron chi connectivity index (χ0n) is 25.9. The van der Waals surface area contributed by atoms with Crippen molar-refractivity contribution < 1.29 is 19.1 Å². The van der Waals surface area contributed by atoms with Crippen molar-refractivity contribution in [1.82, 2.24) is 30.9 Å². The Labute approximate surface area is 277 Å². The Hall–Kier alpha value is -5.07. The Morgan fingerprint density at radius 3 is 2.62 bits per heavy atom. The number of methoxy groups -OCH3 is 1. The highest BCUT2D eigenvalue weighted by atomic mass is 32.2. The van der Waals surface area contributed by atoms with Gasteiger partial charge in [-0.05, 0) is 79.0 Å². The highest BCUT2D eigenvalue weighted by molar-refractivity contribution is 8.18. The van der Waals surface area contributed by atoms with Crippen LogP contribution in [0.4, 0.5) is 10.7 Å². The van der Waals surface area contributed by atoms with Gasteiger partial charge in [-0.2, -0.15) is 0 Å². The third-order valence-electron chi connectivity index (χ3n) is 8.08. The molecule has 2 saturated heterocycles. The van der Waals surface area contributed by atoms with Crippen LogP contribution in [0.5, 0.6) is 5.75 Å². The van der Waals surface area contributed by atoms with Gasteiger partial charge in [0.2, 0.25) is 5.95 Å². The first-order chi connectivity index (χ1) is 22.9. The van der Waals surface area contributed by atoms with Gasteiger partial charge in [0.25, 0.3) is 17.1 Å². The minimum absolute atomic E-state index is 0.135. The fourth-order valence-electron chi connectivity index (χ4n) is 5.54. The van der Waals surface area contributed by atoms with Gasteiger partial charge in [-0.15, -0.1) is 0 Å². The van der Waals surface area contributed by atoms with Crippen LogP contribution >= 0.6 is 11.8 Å². The zero-order chi connectivity index (χ0) is 32.6. The van der Waals surface area contributed by atoms with Crippen molar-refractivity contribution in [2.75, 3.05) is 31.6 Å². The minimum atomic E-state index is -0.401. The van der Waals surface area contributed by atoms with E-state index in [9.17, 15) is 14.4 Å². The van der Waals surface area contributed by atoms with Crippen LogP contribution in [0.3, 0.4) is 0 Å². The van der Waals surface area contributed by atoms with E-state index in [4.69, 9.17) is 9.72 Å². The van der Waals surface area contributed by atoms with Gasteiger partial charge >= 0.3 is 0 Å². The van der Waals surface area contributed by atoms with Crippen LogP contribution in [0.1, 0.15) is 40.2 Å². The van der Waals surface area contributed by atoms with Gasteiger partial charge in [-0.25, -0.2) is 15.0 Å². The summed E-state index contributed by atoms with van der Waals surface area (Å²) in [7, 11) is 1.64. The fraction of sp³-hybridized carbons (Fsp3) is 0.257. The number of anilines is 1. The summed E-state index contributed by atoms with van der Waals surface area (Å²) in [5.74, 6) is 1.26. The summed E-state index contributed by atoms with van der Waals surface area (Å²) in [5.41, 5.74) is 4.64. The highest BCUT2D eigenvalue weighted by Crippen LogP contribution is 2.27. The number of nitrogens with one attached hydrogen (secondary N) is 3. The number of pyridine rings is 1. The molecule has 2 aliphatic rings. The molecule has 3 amide bonds. The van der Waals surface area contributed by atoms with Gasteiger partial charge in [0.1, 0.15) is 5.75 Å². The van der Waals surface area contributed by atoms with Gasteiger partial charge in [-0.1, -0.05) is 42.5 Å². The van der Waals surface area contributed by atoms with Gasteiger partial charge < -0.3 is 20.3 Å². The third-order valence-corrected chi connectivity index (χ3v) is 8.89. The van der Waals surface area contributed by atoms with E-state index in [2.05, 4.69) is 30.8 Å². The summed E-state index contributed by atoms with van der Waals surface area (Å²) in [4.78, 5) is 52.7. The van der Waals surface area contributed by atoms with Gasteiger partial charge in [0.05, 0.1) is 29.1 Å². The van der Waals surface area contributed by atoms with E-state index >= 15 is 0 Å². The summed E-state index contributed by atoms with van der Waals surface area (Å²) >= 11 is 0.874. The summed E-state index contributed by atoms with van der Waals surface area (Å²) in [6, 6.07) is 22.9. The molecule has 4 aromatic rings. The van der Waals surface area contributed by atoms with E-state index in [1.807, 2.05) is 60.7 Å². The second kappa shape index (κ2) is 15.0. The molecule has 4 heterocycles. The van der Waals surface area contributed by atoms with E-state index in [1.165, 1.54) is 0 Å². The number of carbonyl (C=O) groups is 3. The average Bonchev–Trinajstić information content (AvgIpc) is 3.43. The predicted molar refractivity (Wildman–Crippen MR) is 182 cm³/mol. The lowest BCUT2D eigenvalue weighted by Crippen LogP contribution is -2.38. The number of hydrogen-bond donors (Lipinski definition) is 3. The summed E-state index contributed by atoms with van der Waals surface area (Å²) in [5, 5.41) is 8.44. The lowest BCUT2D eigenvalue weighted by molar-refractivity contribution is -0.115. The van der Waals surface area contributed by atoms with Gasteiger partial charge in [-0.3, -0.25) is 19.7 Å². The van der Waals surface area contributed by atoms with Crippen molar-refractivity contribution in [3.05, 3.63) is 106 Å². The molecule has 0 aliphatic carbocycles. The molecule has 47 heavy (non-hydrogen) atoms. The maximum absolute atomic E-state index is 12.9. The summed E-state index contributed by atoms with van der Waals surface area (Å²) in [6.45, 7) is 3.46. The smallest absolute Gasteiger partial charge is 0.290 e. The van der Waals surface area contributed by atoms with Crippen LogP contribution in [0.2, 0.25) is 0 Å². The molecular weight excluding hydrogens is 614 g/mol. The first kappa shape index (κ1) is 31.9. The minimum Gasteiger partial charge on any atom is -0.495 e. The van der Waals surface area contributed by atoms with Crippen molar-refractivity contribution in [3.63, 3.8) is 0 Å². The van der Waals surface area contributed by atoms with E-state index in [0.29, 0.717) is 46.9 Å². The normalized spacial score (nSPS) is 15.9. The largest absolute Gasteiger partial charge is 0.495 e. The Balaban J connectivity index is 1.02. The summed E-state index contributed by atoms with van der Waals surface area (Å²) in [6.07, 6.45) is 5.23. The number of aromatic nitrogens is 3. The zero-order valence-corrected chi connectivity index (χ0v) is 26.8. The monoisotopic (exact) mass is 649 g/mol. The quantitative estimate of drug-likeness (QED) is 0.194. The number of carbonyl (C=O) groups excluding carboxylic acids is 3. The number of thioether (sulfide) groups is 1. The second-order valence-electron chi connectivity index (χ2n) is 11.3. The molecular formula is C35H35N7O4S. The van der Waals surface area contributed by atoms with E-state index < -0.39 is 5.91 Å². The lowest BCUT2D eigenvalue weighted by Gasteiger charge is -2.32. The van der Waals surface area contributed by atoms with Crippen LogP contribution < -0.4 is 25.6 Å². The molecule has 11 nitrogen and oxygen atoms in total. The Kier molecular flexibility index (Phi) is 10.2. The first-order valence-corrected chi connectivity index (χ1v) is 16.3. The predicted octanol–water partition coefficient (Wildman–Crippen LogP) is 4.81. The molecule has 240 valence electrons. The number of imide groups is 1. The third kappa shape index (κ3) is 8.21. The van der Waals surface area contributed by atoms with E-state index in [0.717, 1.165) is 66.8 Å². The molecule has 2 aromatic heterocycles. The van der Waals surface area contributed by atoms with Crippen LogP contribution in [0, 0.1) is 5.92 Å². The molecule has 0 atom stereocenters. The van der Waals surface area contributed by atoms with Crippen molar-refractivity contribution in [3.8, 4) is 17.0 Å². The Bertz CT molecular complexity index is 1790.